The van der Waals surface area contributed by atoms with Crippen molar-refractivity contribution in [3.05, 3.63) is 46.7 Å². The van der Waals surface area contributed by atoms with E-state index in [4.69, 9.17) is 23.1 Å². The molecule has 2 bridgehead atoms. The molecule has 1 atom stereocenters. The third-order valence-electron chi connectivity index (χ3n) is 5.90. The highest BCUT2D eigenvalue weighted by Gasteiger charge is 2.46. The number of nitrogens with two attached hydrogens (primary N) is 2. The first kappa shape index (κ1) is 20.6. The normalized spacial score (nSPS) is 25.8. The van der Waals surface area contributed by atoms with Crippen LogP contribution in [0.5, 0.6) is 0 Å². The summed E-state index contributed by atoms with van der Waals surface area (Å²) in [5.74, 6) is 0.187. The first-order chi connectivity index (χ1) is 13.0. The second kappa shape index (κ2) is 8.11. The van der Waals surface area contributed by atoms with E-state index in [2.05, 4.69) is 39.6 Å². The summed E-state index contributed by atoms with van der Waals surface area (Å²) < 4.78 is 1.01. The van der Waals surface area contributed by atoms with Crippen LogP contribution in [0.3, 0.4) is 0 Å². The molecule has 0 spiro atoms. The van der Waals surface area contributed by atoms with Gasteiger partial charge in [0.05, 0.1) is 25.7 Å². The molecule has 5 rings (SSSR count). The fourth-order valence-corrected chi connectivity index (χ4v) is 4.62. The molecule has 7 nitrogen and oxygen atoms in total. The SMILES string of the molecule is Nc1nc(N)c(C(=O)N[C@@H]2C[N+]3(Cc4ccccc4)CCC2CC3)nc1Cl.[Cl-]. The molecule has 28 heavy (non-hydrogen) atoms. The lowest BCUT2D eigenvalue weighted by atomic mass is 9.81. The van der Waals surface area contributed by atoms with Crippen LogP contribution in [-0.2, 0) is 6.54 Å². The number of amides is 1. The van der Waals surface area contributed by atoms with E-state index < -0.39 is 0 Å². The van der Waals surface area contributed by atoms with Crippen LogP contribution >= 0.6 is 11.6 Å². The Morgan fingerprint density at radius 2 is 1.82 bits per heavy atom. The number of benzene rings is 1. The maximum Gasteiger partial charge on any atom is 0.274 e. The highest BCUT2D eigenvalue weighted by molar-refractivity contribution is 6.31. The minimum absolute atomic E-state index is 0. The zero-order chi connectivity index (χ0) is 19.0. The summed E-state index contributed by atoms with van der Waals surface area (Å²) in [5, 5.41) is 3.12. The van der Waals surface area contributed by atoms with E-state index in [0.717, 1.165) is 43.5 Å². The topological polar surface area (TPSA) is 107 Å². The van der Waals surface area contributed by atoms with Gasteiger partial charge < -0.3 is 33.7 Å². The van der Waals surface area contributed by atoms with Gasteiger partial charge in [-0.05, 0) is 5.92 Å². The number of aromatic nitrogens is 2. The fourth-order valence-electron chi connectivity index (χ4n) is 4.49. The standard InChI is InChI=1S/C19H23ClN6O.ClH/c20-16-18(22)25-17(21)15(24-16)19(27)23-14-11-26(8-6-13(14)7-9-26)10-12-4-2-1-3-5-12;/h1-5,13-14H,6-11H2,(H4-,21,22,23,25,27);1H/t13?,14-,26?;/m1./s1. The third kappa shape index (κ3) is 4.01. The van der Waals surface area contributed by atoms with Crippen molar-refractivity contribution in [2.75, 3.05) is 31.1 Å². The molecule has 2 aromatic rings. The van der Waals surface area contributed by atoms with E-state index in [0.29, 0.717) is 5.92 Å². The largest absolute Gasteiger partial charge is 1.00 e. The van der Waals surface area contributed by atoms with Crippen molar-refractivity contribution in [3.63, 3.8) is 0 Å². The predicted octanol–water partition coefficient (Wildman–Crippen LogP) is -1.16. The molecule has 150 valence electrons. The summed E-state index contributed by atoms with van der Waals surface area (Å²) in [6.45, 7) is 4.22. The molecule has 3 aliphatic rings. The molecule has 0 aliphatic carbocycles. The van der Waals surface area contributed by atoms with Gasteiger partial charge in [0.25, 0.3) is 5.91 Å². The van der Waals surface area contributed by atoms with Gasteiger partial charge in [0.15, 0.2) is 22.5 Å². The number of hydrogen-bond acceptors (Lipinski definition) is 5. The number of nitrogen functional groups attached to an aromatic ring is 2. The van der Waals surface area contributed by atoms with Crippen molar-refractivity contribution in [1.29, 1.82) is 0 Å². The van der Waals surface area contributed by atoms with Gasteiger partial charge in [0, 0.05) is 18.4 Å². The molecular formula is C19H24Cl2N6O. The van der Waals surface area contributed by atoms with E-state index in [-0.39, 0.29) is 46.8 Å². The Bertz CT molecular complexity index is 855. The molecular weight excluding hydrogens is 399 g/mol. The van der Waals surface area contributed by atoms with Gasteiger partial charge in [-0.25, -0.2) is 9.97 Å². The summed E-state index contributed by atoms with van der Waals surface area (Å²) in [7, 11) is 0. The number of fused-ring (bicyclic) bond motifs is 3. The van der Waals surface area contributed by atoms with Crippen LogP contribution in [0.15, 0.2) is 30.3 Å². The van der Waals surface area contributed by atoms with Crippen LogP contribution in [0, 0.1) is 5.92 Å². The zero-order valence-electron chi connectivity index (χ0n) is 15.4. The summed E-state index contributed by atoms with van der Waals surface area (Å²) >= 11 is 5.91. The Morgan fingerprint density at radius 1 is 1.14 bits per heavy atom. The van der Waals surface area contributed by atoms with Crippen LogP contribution in [-0.4, -0.2) is 46.0 Å². The third-order valence-corrected chi connectivity index (χ3v) is 6.18. The van der Waals surface area contributed by atoms with Gasteiger partial charge in [-0.1, -0.05) is 41.9 Å². The van der Waals surface area contributed by atoms with Crippen LogP contribution in [0.25, 0.3) is 0 Å². The number of nitrogens with one attached hydrogen (secondary N) is 1. The lowest BCUT2D eigenvalue weighted by molar-refractivity contribution is -0.956. The minimum atomic E-state index is -0.335. The molecule has 5 N–H and O–H groups in total. The van der Waals surface area contributed by atoms with Gasteiger partial charge in [0.1, 0.15) is 6.54 Å². The quantitative estimate of drug-likeness (QED) is 0.538. The summed E-state index contributed by atoms with van der Waals surface area (Å²) in [6.07, 6.45) is 2.23. The van der Waals surface area contributed by atoms with Crippen molar-refractivity contribution >= 4 is 29.1 Å². The minimum Gasteiger partial charge on any atom is -1.00 e. The Kier molecular flexibility index (Phi) is 5.98. The molecule has 0 saturated carbocycles. The number of quaternary nitrogens is 1. The van der Waals surface area contributed by atoms with Gasteiger partial charge >= 0.3 is 0 Å². The van der Waals surface area contributed by atoms with Crippen LogP contribution in [0.2, 0.25) is 5.15 Å². The number of carbonyl (C=O) groups is 1. The highest BCUT2D eigenvalue weighted by Crippen LogP contribution is 2.35. The van der Waals surface area contributed by atoms with Crippen molar-refractivity contribution < 1.29 is 21.7 Å². The average molecular weight is 423 g/mol. The predicted molar refractivity (Wildman–Crippen MR) is 105 cm³/mol. The number of anilines is 2. The Morgan fingerprint density at radius 3 is 2.50 bits per heavy atom. The Balaban J connectivity index is 0.00000225. The molecule has 9 heteroatoms. The first-order valence-corrected chi connectivity index (χ1v) is 9.62. The summed E-state index contributed by atoms with van der Waals surface area (Å²) in [5.41, 5.74) is 12.8. The van der Waals surface area contributed by atoms with E-state index in [1.165, 1.54) is 5.56 Å². The Labute approximate surface area is 175 Å². The van der Waals surface area contributed by atoms with E-state index in [1.807, 2.05) is 6.07 Å². The fraction of sp³-hybridized carbons (Fsp3) is 0.421. The van der Waals surface area contributed by atoms with E-state index in [9.17, 15) is 4.79 Å². The second-order valence-electron chi connectivity index (χ2n) is 7.67. The van der Waals surface area contributed by atoms with E-state index in [1.54, 1.807) is 0 Å². The highest BCUT2D eigenvalue weighted by atomic mass is 35.5. The molecule has 0 unspecified atom stereocenters. The van der Waals surface area contributed by atoms with Crippen molar-refractivity contribution in [2.45, 2.75) is 25.4 Å². The first-order valence-electron chi connectivity index (χ1n) is 9.24. The second-order valence-corrected chi connectivity index (χ2v) is 8.02. The number of nitrogens with zero attached hydrogens (tertiary/aromatic N) is 3. The molecule has 3 saturated heterocycles. The number of rotatable bonds is 4. The number of piperidine rings is 3. The molecule has 1 aromatic heterocycles. The van der Waals surface area contributed by atoms with Gasteiger partial charge in [-0.2, -0.15) is 0 Å². The number of carbonyl (C=O) groups excluding carboxylic acids is 1. The Hall–Kier alpha value is -2.09. The van der Waals surface area contributed by atoms with Crippen LogP contribution in [0.1, 0.15) is 28.9 Å². The monoisotopic (exact) mass is 422 g/mol. The lowest BCUT2D eigenvalue weighted by Gasteiger charge is -2.52. The van der Waals surface area contributed by atoms with Crippen molar-refractivity contribution in [3.8, 4) is 0 Å². The van der Waals surface area contributed by atoms with Gasteiger partial charge in [-0.3, -0.25) is 4.79 Å². The van der Waals surface area contributed by atoms with Crippen LogP contribution < -0.4 is 29.2 Å². The van der Waals surface area contributed by atoms with Crippen LogP contribution in [0.4, 0.5) is 11.6 Å². The molecule has 3 fully saturated rings. The average Bonchev–Trinajstić information content (AvgIpc) is 2.66. The molecule has 0 radical (unpaired) electrons. The molecule has 1 aromatic carbocycles. The van der Waals surface area contributed by atoms with Crippen molar-refractivity contribution in [1.82, 2.24) is 15.3 Å². The smallest absolute Gasteiger partial charge is 0.274 e. The van der Waals surface area contributed by atoms with E-state index >= 15 is 0 Å². The molecule has 1 amide bonds. The molecule has 4 heterocycles. The number of halogens is 2. The van der Waals surface area contributed by atoms with Gasteiger partial charge in [0.2, 0.25) is 0 Å². The summed E-state index contributed by atoms with van der Waals surface area (Å²) in [4.78, 5) is 20.7. The number of hydrogen-bond donors (Lipinski definition) is 3. The lowest BCUT2D eigenvalue weighted by Crippen LogP contribution is -3.00. The zero-order valence-corrected chi connectivity index (χ0v) is 17.0. The van der Waals surface area contributed by atoms with Crippen molar-refractivity contribution in [2.24, 2.45) is 5.92 Å². The maximum atomic E-state index is 12.7. The summed E-state index contributed by atoms with van der Waals surface area (Å²) in [6, 6.07) is 10.6. The molecule has 3 aliphatic heterocycles. The maximum absolute atomic E-state index is 12.7. The van der Waals surface area contributed by atoms with Gasteiger partial charge in [-0.15, -0.1) is 0 Å².